The number of anilines is 1. The summed E-state index contributed by atoms with van der Waals surface area (Å²) in [5.74, 6) is 0.419. The molecule has 1 aromatic heterocycles. The summed E-state index contributed by atoms with van der Waals surface area (Å²) in [6, 6.07) is 6.31. The van der Waals surface area contributed by atoms with Crippen molar-refractivity contribution in [3.63, 3.8) is 0 Å². The topological polar surface area (TPSA) is 47.4 Å². The molecule has 0 saturated heterocycles. The lowest BCUT2D eigenvalue weighted by Gasteiger charge is -2.29. The highest BCUT2D eigenvalue weighted by Gasteiger charge is 2.34. The summed E-state index contributed by atoms with van der Waals surface area (Å²) in [7, 11) is 1.57. The number of hydrogen-bond acceptors (Lipinski definition) is 3. The number of aryl methyl sites for hydroxylation is 1. The van der Waals surface area contributed by atoms with Crippen molar-refractivity contribution in [3.8, 4) is 5.75 Å². The van der Waals surface area contributed by atoms with E-state index in [9.17, 15) is 18.0 Å². The second-order valence-electron chi connectivity index (χ2n) is 5.54. The molecule has 0 aliphatic carbocycles. The third-order valence-electron chi connectivity index (χ3n) is 3.93. The van der Waals surface area contributed by atoms with E-state index in [1.54, 1.807) is 24.1 Å². The first kappa shape index (κ1) is 16.4. The van der Waals surface area contributed by atoms with Crippen molar-refractivity contribution in [2.24, 2.45) is 0 Å². The van der Waals surface area contributed by atoms with Crippen LogP contribution in [-0.4, -0.2) is 29.3 Å². The van der Waals surface area contributed by atoms with Crippen molar-refractivity contribution >= 4 is 11.6 Å². The quantitative estimate of drug-likeness (QED) is 0.864. The molecular weight excluding hydrogens is 323 g/mol. The average molecular weight is 339 g/mol. The molecule has 2 aromatic rings. The summed E-state index contributed by atoms with van der Waals surface area (Å²) in [4.78, 5) is 14.1. The number of nitrogens with zero attached hydrogens (tertiary/aromatic N) is 3. The van der Waals surface area contributed by atoms with Gasteiger partial charge in [-0.05, 0) is 42.7 Å². The Balaban J connectivity index is 1.78. The lowest BCUT2D eigenvalue weighted by molar-refractivity contribution is -0.141. The Kier molecular flexibility index (Phi) is 4.21. The first-order chi connectivity index (χ1) is 11.4. The smallest absolute Gasteiger partial charge is 0.435 e. The molecular formula is C16H16F3N3O2. The predicted molar refractivity (Wildman–Crippen MR) is 80.9 cm³/mol. The molecule has 0 spiro atoms. The third kappa shape index (κ3) is 3.22. The summed E-state index contributed by atoms with van der Waals surface area (Å²) in [5.41, 5.74) is 0.764. The Labute approximate surface area is 136 Å². The summed E-state index contributed by atoms with van der Waals surface area (Å²) < 4.78 is 43.9. The molecule has 0 radical (unpaired) electrons. The molecule has 1 aliphatic heterocycles. The average Bonchev–Trinajstić information content (AvgIpc) is 3.02. The minimum Gasteiger partial charge on any atom is -0.497 e. The van der Waals surface area contributed by atoms with Gasteiger partial charge in [0.25, 0.3) is 0 Å². The zero-order valence-corrected chi connectivity index (χ0v) is 13.0. The number of fused-ring (bicyclic) bond motifs is 1. The molecule has 0 bridgehead atoms. The molecule has 5 nitrogen and oxygen atoms in total. The van der Waals surface area contributed by atoms with E-state index in [1.165, 1.54) is 6.20 Å². The molecule has 0 fully saturated rings. The molecule has 1 aromatic carbocycles. The van der Waals surface area contributed by atoms with Gasteiger partial charge < -0.3 is 9.64 Å². The molecule has 0 saturated carbocycles. The first-order valence-electron chi connectivity index (χ1n) is 7.46. The fourth-order valence-corrected chi connectivity index (χ4v) is 2.78. The van der Waals surface area contributed by atoms with Crippen LogP contribution in [0.3, 0.4) is 0 Å². The Hall–Kier alpha value is -2.51. The molecule has 0 N–H and O–H groups in total. The maximum atomic E-state index is 12.6. The van der Waals surface area contributed by atoms with Gasteiger partial charge in [0.15, 0.2) is 5.69 Å². The second-order valence-corrected chi connectivity index (χ2v) is 5.54. The number of halogens is 3. The van der Waals surface area contributed by atoms with Crippen molar-refractivity contribution < 1.29 is 22.7 Å². The first-order valence-corrected chi connectivity index (χ1v) is 7.46. The van der Waals surface area contributed by atoms with Crippen LogP contribution in [0.4, 0.5) is 18.9 Å². The number of carbonyl (C=O) groups is 1. The van der Waals surface area contributed by atoms with Gasteiger partial charge in [-0.2, -0.15) is 18.3 Å². The predicted octanol–water partition coefficient (Wildman–Crippen LogP) is 2.89. The van der Waals surface area contributed by atoms with E-state index >= 15 is 0 Å². The maximum Gasteiger partial charge on any atom is 0.435 e. The van der Waals surface area contributed by atoms with Gasteiger partial charge in [0.1, 0.15) is 12.3 Å². The number of ether oxygens (including phenoxy) is 1. The van der Waals surface area contributed by atoms with E-state index in [0.717, 1.165) is 34.8 Å². The van der Waals surface area contributed by atoms with Gasteiger partial charge in [0, 0.05) is 18.4 Å². The van der Waals surface area contributed by atoms with E-state index in [0.29, 0.717) is 12.3 Å². The lowest BCUT2D eigenvalue weighted by Crippen LogP contribution is -2.37. The SMILES string of the molecule is COc1ccc2c(c1)CCCN2C(=O)Cn1ccc(C(F)(F)F)n1. The molecule has 2 heterocycles. The van der Waals surface area contributed by atoms with Crippen LogP contribution in [0.1, 0.15) is 17.7 Å². The fraction of sp³-hybridized carbons (Fsp3) is 0.375. The van der Waals surface area contributed by atoms with E-state index in [2.05, 4.69) is 5.10 Å². The Morgan fingerprint density at radius 2 is 2.12 bits per heavy atom. The van der Waals surface area contributed by atoms with Crippen LogP contribution in [0.25, 0.3) is 0 Å². The van der Waals surface area contributed by atoms with Crippen LogP contribution in [0, 0.1) is 0 Å². The van der Waals surface area contributed by atoms with E-state index in [4.69, 9.17) is 4.74 Å². The number of aromatic nitrogens is 2. The summed E-state index contributed by atoms with van der Waals surface area (Å²) in [6.45, 7) is 0.299. The largest absolute Gasteiger partial charge is 0.497 e. The molecule has 0 atom stereocenters. The number of carbonyl (C=O) groups excluding carboxylic acids is 1. The summed E-state index contributed by atoms with van der Waals surface area (Å²) in [5, 5.41) is 3.42. The summed E-state index contributed by atoms with van der Waals surface area (Å²) >= 11 is 0. The zero-order chi connectivity index (χ0) is 17.3. The van der Waals surface area contributed by atoms with Crippen molar-refractivity contribution in [3.05, 3.63) is 41.7 Å². The normalized spacial score (nSPS) is 14.4. The molecule has 0 unspecified atom stereocenters. The lowest BCUT2D eigenvalue weighted by atomic mass is 10.0. The standard InChI is InChI=1S/C16H16F3N3O2/c1-24-12-4-5-13-11(9-12)3-2-7-22(13)15(23)10-21-8-6-14(20-21)16(17,18)19/h4-6,8-9H,2-3,7,10H2,1H3. The van der Waals surface area contributed by atoms with E-state index in [-0.39, 0.29) is 12.5 Å². The van der Waals surface area contributed by atoms with Crippen molar-refractivity contribution in [1.82, 2.24) is 9.78 Å². The van der Waals surface area contributed by atoms with Crippen LogP contribution in [0.2, 0.25) is 0 Å². The van der Waals surface area contributed by atoms with Gasteiger partial charge in [0.05, 0.1) is 7.11 Å². The van der Waals surface area contributed by atoms with Gasteiger partial charge in [-0.3, -0.25) is 9.48 Å². The molecule has 24 heavy (non-hydrogen) atoms. The van der Waals surface area contributed by atoms with Crippen molar-refractivity contribution in [2.45, 2.75) is 25.6 Å². The molecule has 1 amide bonds. The summed E-state index contributed by atoms with van der Waals surface area (Å²) in [6.07, 6.45) is -1.72. The molecule has 8 heteroatoms. The number of hydrogen-bond donors (Lipinski definition) is 0. The number of alkyl halides is 3. The minimum absolute atomic E-state index is 0.235. The number of amides is 1. The van der Waals surface area contributed by atoms with Crippen LogP contribution in [-0.2, 0) is 23.9 Å². The van der Waals surface area contributed by atoms with Gasteiger partial charge in [-0.25, -0.2) is 0 Å². The molecule has 1 aliphatic rings. The highest BCUT2D eigenvalue weighted by molar-refractivity contribution is 5.94. The van der Waals surface area contributed by atoms with Gasteiger partial charge in [-0.15, -0.1) is 0 Å². The third-order valence-corrected chi connectivity index (χ3v) is 3.93. The highest BCUT2D eigenvalue weighted by atomic mass is 19.4. The Morgan fingerprint density at radius 3 is 2.79 bits per heavy atom. The van der Waals surface area contributed by atoms with E-state index < -0.39 is 11.9 Å². The number of benzene rings is 1. The second kappa shape index (κ2) is 6.18. The van der Waals surface area contributed by atoms with Gasteiger partial charge in [0.2, 0.25) is 5.91 Å². The fourth-order valence-electron chi connectivity index (χ4n) is 2.78. The molecule has 128 valence electrons. The van der Waals surface area contributed by atoms with Crippen LogP contribution >= 0.6 is 0 Å². The van der Waals surface area contributed by atoms with Gasteiger partial charge >= 0.3 is 6.18 Å². The van der Waals surface area contributed by atoms with Crippen LogP contribution in [0.15, 0.2) is 30.5 Å². The maximum absolute atomic E-state index is 12.6. The zero-order valence-electron chi connectivity index (χ0n) is 13.0. The van der Waals surface area contributed by atoms with Crippen molar-refractivity contribution in [2.75, 3.05) is 18.6 Å². The van der Waals surface area contributed by atoms with Crippen molar-refractivity contribution in [1.29, 1.82) is 0 Å². The minimum atomic E-state index is -4.51. The Bertz CT molecular complexity index is 755. The van der Waals surface area contributed by atoms with Crippen LogP contribution < -0.4 is 9.64 Å². The monoisotopic (exact) mass is 339 g/mol. The van der Waals surface area contributed by atoms with E-state index in [1.807, 2.05) is 6.07 Å². The van der Waals surface area contributed by atoms with Crippen LogP contribution in [0.5, 0.6) is 5.75 Å². The van der Waals surface area contributed by atoms with Gasteiger partial charge in [-0.1, -0.05) is 0 Å². The number of methoxy groups -OCH3 is 1. The highest BCUT2D eigenvalue weighted by Crippen LogP contribution is 2.31. The molecule has 3 rings (SSSR count). The Morgan fingerprint density at radius 1 is 1.33 bits per heavy atom. The number of rotatable bonds is 3.